The number of hydrogen-bond donors (Lipinski definition) is 1. The minimum atomic E-state index is 0.135. The van der Waals surface area contributed by atoms with Gasteiger partial charge in [0, 0.05) is 6.04 Å². The maximum atomic E-state index is 6.14. The van der Waals surface area contributed by atoms with E-state index < -0.39 is 0 Å². The molecule has 18 heavy (non-hydrogen) atoms. The van der Waals surface area contributed by atoms with Crippen LogP contribution in [0.3, 0.4) is 0 Å². The second kappa shape index (κ2) is 5.83. The van der Waals surface area contributed by atoms with Gasteiger partial charge < -0.3 is 5.73 Å². The Kier molecular flexibility index (Phi) is 4.16. The van der Waals surface area contributed by atoms with Gasteiger partial charge in [-0.3, -0.25) is 0 Å². The molecule has 0 aromatic heterocycles. The van der Waals surface area contributed by atoms with Crippen LogP contribution in [0.25, 0.3) is 0 Å². The average Bonchev–Trinajstić information content (AvgIpc) is 2.40. The molecule has 0 bridgehead atoms. The Bertz CT molecular complexity index is 471. The molecule has 1 atom stereocenters. The van der Waals surface area contributed by atoms with Crippen molar-refractivity contribution in [2.75, 3.05) is 0 Å². The Labute approximate surface area is 110 Å². The van der Waals surface area contributed by atoms with E-state index in [4.69, 9.17) is 5.73 Å². The van der Waals surface area contributed by atoms with Crippen molar-refractivity contribution in [1.82, 2.24) is 0 Å². The fourth-order valence-corrected chi connectivity index (χ4v) is 2.07. The summed E-state index contributed by atoms with van der Waals surface area (Å²) in [5.74, 6) is 0.477. The van der Waals surface area contributed by atoms with Crippen LogP contribution in [0.4, 0.5) is 0 Å². The van der Waals surface area contributed by atoms with Gasteiger partial charge in [-0.25, -0.2) is 0 Å². The predicted octanol–water partition coefficient (Wildman–Crippen LogP) is 3.93. The van der Waals surface area contributed by atoms with Crippen LogP contribution in [-0.4, -0.2) is 0 Å². The lowest BCUT2D eigenvalue weighted by Gasteiger charge is -2.16. The molecule has 0 heterocycles. The molecule has 0 aliphatic rings. The van der Waals surface area contributed by atoms with Gasteiger partial charge in [-0.1, -0.05) is 68.4 Å². The van der Waals surface area contributed by atoms with E-state index >= 15 is 0 Å². The SMILES string of the molecule is CC(C)C(N)c1ccc(Cc2ccccc2)cc1. The summed E-state index contributed by atoms with van der Waals surface area (Å²) in [6.45, 7) is 4.31. The third kappa shape index (κ3) is 3.21. The topological polar surface area (TPSA) is 26.0 Å². The van der Waals surface area contributed by atoms with Gasteiger partial charge in [0.1, 0.15) is 0 Å². The molecule has 0 radical (unpaired) electrons. The molecule has 2 rings (SSSR count). The molecule has 0 aliphatic heterocycles. The average molecular weight is 239 g/mol. The van der Waals surface area contributed by atoms with Gasteiger partial charge in [0.05, 0.1) is 0 Å². The first-order valence-corrected chi connectivity index (χ1v) is 6.55. The van der Waals surface area contributed by atoms with Gasteiger partial charge in [0.2, 0.25) is 0 Å². The fraction of sp³-hybridized carbons (Fsp3) is 0.294. The number of hydrogen-bond acceptors (Lipinski definition) is 1. The van der Waals surface area contributed by atoms with E-state index in [2.05, 4.69) is 62.4 Å². The van der Waals surface area contributed by atoms with Crippen LogP contribution in [0.5, 0.6) is 0 Å². The molecule has 94 valence electrons. The predicted molar refractivity (Wildman–Crippen MR) is 77.5 cm³/mol. The highest BCUT2D eigenvalue weighted by atomic mass is 14.6. The van der Waals surface area contributed by atoms with Gasteiger partial charge in [-0.2, -0.15) is 0 Å². The van der Waals surface area contributed by atoms with E-state index in [1.165, 1.54) is 16.7 Å². The van der Waals surface area contributed by atoms with Crippen molar-refractivity contribution in [3.63, 3.8) is 0 Å². The number of rotatable bonds is 4. The molecule has 0 saturated heterocycles. The monoisotopic (exact) mass is 239 g/mol. The molecule has 0 aliphatic carbocycles. The minimum Gasteiger partial charge on any atom is -0.324 e. The van der Waals surface area contributed by atoms with Crippen LogP contribution in [-0.2, 0) is 6.42 Å². The van der Waals surface area contributed by atoms with Crippen LogP contribution in [0.15, 0.2) is 54.6 Å². The second-order valence-electron chi connectivity index (χ2n) is 5.17. The van der Waals surface area contributed by atoms with Crippen LogP contribution < -0.4 is 5.73 Å². The van der Waals surface area contributed by atoms with Crippen molar-refractivity contribution in [2.45, 2.75) is 26.3 Å². The lowest BCUT2D eigenvalue weighted by atomic mass is 9.95. The highest BCUT2D eigenvalue weighted by Gasteiger charge is 2.09. The summed E-state index contributed by atoms with van der Waals surface area (Å²) in [6, 6.07) is 19.4. The summed E-state index contributed by atoms with van der Waals surface area (Å²) < 4.78 is 0. The first-order valence-electron chi connectivity index (χ1n) is 6.55. The van der Waals surface area contributed by atoms with Gasteiger partial charge in [-0.15, -0.1) is 0 Å². The number of benzene rings is 2. The highest BCUT2D eigenvalue weighted by Crippen LogP contribution is 2.20. The maximum absolute atomic E-state index is 6.14. The van der Waals surface area contributed by atoms with E-state index in [9.17, 15) is 0 Å². The van der Waals surface area contributed by atoms with E-state index in [0.717, 1.165) is 6.42 Å². The van der Waals surface area contributed by atoms with Crippen LogP contribution in [0, 0.1) is 5.92 Å². The molecule has 1 unspecified atom stereocenters. The lowest BCUT2D eigenvalue weighted by molar-refractivity contribution is 0.514. The summed E-state index contributed by atoms with van der Waals surface area (Å²) in [5.41, 5.74) is 10.0. The summed E-state index contributed by atoms with van der Waals surface area (Å²) in [4.78, 5) is 0. The zero-order valence-corrected chi connectivity index (χ0v) is 11.1. The summed E-state index contributed by atoms with van der Waals surface area (Å²) in [5, 5.41) is 0. The molecule has 1 heteroatoms. The molecule has 2 aromatic carbocycles. The van der Waals surface area contributed by atoms with E-state index in [0.29, 0.717) is 5.92 Å². The van der Waals surface area contributed by atoms with Gasteiger partial charge in [-0.05, 0) is 29.0 Å². The van der Waals surface area contributed by atoms with Gasteiger partial charge in [0.15, 0.2) is 0 Å². The van der Waals surface area contributed by atoms with E-state index in [-0.39, 0.29) is 6.04 Å². The standard InChI is InChI=1S/C17H21N/c1-13(2)17(18)16-10-8-15(9-11-16)12-14-6-4-3-5-7-14/h3-11,13,17H,12,18H2,1-2H3. The van der Waals surface area contributed by atoms with Crippen molar-refractivity contribution in [3.05, 3.63) is 71.3 Å². The third-order valence-corrected chi connectivity index (χ3v) is 3.33. The zero-order valence-electron chi connectivity index (χ0n) is 11.1. The second-order valence-corrected chi connectivity index (χ2v) is 5.17. The summed E-state index contributed by atoms with van der Waals surface area (Å²) in [6.07, 6.45) is 0.984. The van der Waals surface area contributed by atoms with E-state index in [1.807, 2.05) is 6.07 Å². The van der Waals surface area contributed by atoms with Crippen LogP contribution >= 0.6 is 0 Å². The van der Waals surface area contributed by atoms with Gasteiger partial charge in [0.25, 0.3) is 0 Å². The third-order valence-electron chi connectivity index (χ3n) is 3.33. The number of nitrogens with two attached hydrogens (primary N) is 1. The Morgan fingerprint density at radius 3 is 1.94 bits per heavy atom. The fourth-order valence-electron chi connectivity index (χ4n) is 2.07. The van der Waals surface area contributed by atoms with Crippen molar-refractivity contribution < 1.29 is 0 Å². The Balaban J connectivity index is 2.09. The van der Waals surface area contributed by atoms with Crippen molar-refractivity contribution in [3.8, 4) is 0 Å². The quantitative estimate of drug-likeness (QED) is 0.859. The summed E-state index contributed by atoms with van der Waals surface area (Å²) >= 11 is 0. The molecular formula is C17H21N. The molecule has 0 amide bonds. The largest absolute Gasteiger partial charge is 0.324 e. The minimum absolute atomic E-state index is 0.135. The van der Waals surface area contributed by atoms with Crippen molar-refractivity contribution in [1.29, 1.82) is 0 Å². The maximum Gasteiger partial charge on any atom is 0.0318 e. The lowest BCUT2D eigenvalue weighted by Crippen LogP contribution is -2.16. The van der Waals surface area contributed by atoms with Crippen molar-refractivity contribution >= 4 is 0 Å². The Morgan fingerprint density at radius 2 is 1.39 bits per heavy atom. The van der Waals surface area contributed by atoms with E-state index in [1.54, 1.807) is 0 Å². The molecular weight excluding hydrogens is 218 g/mol. The first kappa shape index (κ1) is 12.8. The summed E-state index contributed by atoms with van der Waals surface area (Å²) in [7, 11) is 0. The molecule has 0 spiro atoms. The van der Waals surface area contributed by atoms with Crippen LogP contribution in [0.1, 0.15) is 36.6 Å². The molecule has 1 nitrogen and oxygen atoms in total. The molecule has 2 aromatic rings. The normalized spacial score (nSPS) is 12.7. The van der Waals surface area contributed by atoms with Crippen LogP contribution in [0.2, 0.25) is 0 Å². The van der Waals surface area contributed by atoms with Crippen molar-refractivity contribution in [2.24, 2.45) is 11.7 Å². The van der Waals surface area contributed by atoms with Gasteiger partial charge >= 0.3 is 0 Å². The Hall–Kier alpha value is -1.60. The first-order chi connectivity index (χ1) is 8.66. The Morgan fingerprint density at radius 1 is 0.833 bits per heavy atom. The zero-order chi connectivity index (χ0) is 13.0. The molecule has 0 fully saturated rings. The smallest absolute Gasteiger partial charge is 0.0318 e. The highest BCUT2D eigenvalue weighted by molar-refractivity contribution is 5.30. The molecule has 2 N–H and O–H groups in total. The molecule has 0 saturated carbocycles.